The fourth-order valence-corrected chi connectivity index (χ4v) is 4.35. The minimum atomic E-state index is -3.83. The van der Waals surface area contributed by atoms with Gasteiger partial charge in [0.15, 0.2) is 0 Å². The Morgan fingerprint density at radius 2 is 1.43 bits per heavy atom. The molecule has 0 heterocycles. The maximum absolute atomic E-state index is 12.9. The zero-order valence-corrected chi connectivity index (χ0v) is 18.4. The number of rotatable bonds is 6. The Kier molecular flexibility index (Phi) is 6.27. The third kappa shape index (κ3) is 5.07. The lowest BCUT2D eigenvalue weighted by molar-refractivity contribution is 0.102. The van der Waals surface area contributed by atoms with Crippen molar-refractivity contribution in [2.45, 2.75) is 38.5 Å². The molecule has 0 aromatic heterocycles. The van der Waals surface area contributed by atoms with Gasteiger partial charge in [-0.25, -0.2) is 8.42 Å². The van der Waals surface area contributed by atoms with Gasteiger partial charge in [-0.3, -0.25) is 9.52 Å². The molecule has 0 atom stereocenters. The number of benzene rings is 3. The highest BCUT2D eigenvalue weighted by Crippen LogP contribution is 2.22. The van der Waals surface area contributed by atoms with Gasteiger partial charge in [0.1, 0.15) is 0 Å². The fourth-order valence-electron chi connectivity index (χ4n) is 3.02. The summed E-state index contributed by atoms with van der Waals surface area (Å²) in [6.45, 7) is 7.84. The molecule has 0 radical (unpaired) electrons. The first-order valence-electron chi connectivity index (χ1n) is 9.77. The van der Waals surface area contributed by atoms with Gasteiger partial charge in [0.05, 0.1) is 4.90 Å². The summed E-state index contributed by atoms with van der Waals surface area (Å²) >= 11 is 0. The van der Waals surface area contributed by atoms with E-state index in [9.17, 15) is 13.2 Å². The van der Waals surface area contributed by atoms with Crippen molar-refractivity contribution in [1.82, 2.24) is 0 Å². The first-order valence-corrected chi connectivity index (χ1v) is 11.3. The van der Waals surface area contributed by atoms with Gasteiger partial charge in [0.2, 0.25) is 0 Å². The van der Waals surface area contributed by atoms with Crippen LogP contribution in [0.2, 0.25) is 0 Å². The summed E-state index contributed by atoms with van der Waals surface area (Å²) in [5.41, 5.74) is 4.19. The van der Waals surface area contributed by atoms with Crippen LogP contribution in [-0.2, 0) is 10.0 Å². The van der Waals surface area contributed by atoms with E-state index in [1.807, 2.05) is 43.3 Å². The number of hydrogen-bond acceptors (Lipinski definition) is 3. The smallest absolute Gasteiger partial charge is 0.262 e. The van der Waals surface area contributed by atoms with Crippen molar-refractivity contribution in [2.75, 3.05) is 10.0 Å². The molecule has 0 aliphatic carbocycles. The van der Waals surface area contributed by atoms with Gasteiger partial charge in [-0.15, -0.1) is 0 Å². The predicted octanol–water partition coefficient (Wildman–Crippen LogP) is 5.48. The van der Waals surface area contributed by atoms with Gasteiger partial charge in [-0.2, -0.15) is 0 Å². The number of anilines is 2. The number of nitrogens with one attached hydrogen (secondary N) is 2. The van der Waals surface area contributed by atoms with E-state index in [-0.39, 0.29) is 16.4 Å². The van der Waals surface area contributed by atoms with Crippen LogP contribution in [0.1, 0.15) is 46.8 Å². The summed E-state index contributed by atoms with van der Waals surface area (Å²) in [5.74, 6) is 0.0414. The van der Waals surface area contributed by atoms with Crippen LogP contribution in [0.4, 0.5) is 11.4 Å². The zero-order chi connectivity index (χ0) is 21.9. The molecule has 0 aliphatic heterocycles. The molecule has 3 aromatic carbocycles. The van der Waals surface area contributed by atoms with Gasteiger partial charge >= 0.3 is 0 Å². The molecule has 0 fully saturated rings. The summed E-state index contributed by atoms with van der Waals surface area (Å²) in [4.78, 5) is 12.8. The first-order chi connectivity index (χ1) is 14.2. The van der Waals surface area contributed by atoms with Crippen molar-refractivity contribution >= 4 is 27.3 Å². The number of amides is 1. The lowest BCUT2D eigenvalue weighted by atomic mass is 10.0. The van der Waals surface area contributed by atoms with Gasteiger partial charge in [0, 0.05) is 16.9 Å². The molecule has 30 heavy (non-hydrogen) atoms. The molecule has 0 unspecified atom stereocenters. The molecule has 3 rings (SSSR count). The van der Waals surface area contributed by atoms with Crippen LogP contribution in [-0.4, -0.2) is 14.3 Å². The lowest BCUT2D eigenvalue weighted by Gasteiger charge is -2.13. The van der Waals surface area contributed by atoms with Crippen molar-refractivity contribution < 1.29 is 13.2 Å². The van der Waals surface area contributed by atoms with Crippen LogP contribution in [0.15, 0.2) is 71.6 Å². The first kappa shape index (κ1) is 21.6. The van der Waals surface area contributed by atoms with Gasteiger partial charge in [-0.05, 0) is 67.3 Å². The summed E-state index contributed by atoms with van der Waals surface area (Å²) in [5, 5.41) is 2.82. The Morgan fingerprint density at radius 1 is 0.833 bits per heavy atom. The van der Waals surface area contributed by atoms with E-state index in [1.165, 1.54) is 11.6 Å². The Balaban J connectivity index is 1.83. The van der Waals surface area contributed by atoms with Crippen LogP contribution in [0.5, 0.6) is 0 Å². The number of aryl methyl sites for hydroxylation is 2. The van der Waals surface area contributed by atoms with Gasteiger partial charge in [0.25, 0.3) is 15.9 Å². The Labute approximate surface area is 178 Å². The molecule has 0 aliphatic rings. The van der Waals surface area contributed by atoms with E-state index in [1.54, 1.807) is 31.2 Å². The van der Waals surface area contributed by atoms with Crippen molar-refractivity contribution in [3.8, 4) is 0 Å². The highest BCUT2D eigenvalue weighted by molar-refractivity contribution is 7.92. The highest BCUT2D eigenvalue weighted by Gasteiger charge is 2.19. The van der Waals surface area contributed by atoms with Crippen LogP contribution in [0.3, 0.4) is 0 Å². The summed E-state index contributed by atoms with van der Waals surface area (Å²) in [7, 11) is -3.83. The molecule has 1 amide bonds. The van der Waals surface area contributed by atoms with E-state index in [0.29, 0.717) is 22.9 Å². The minimum Gasteiger partial charge on any atom is -0.322 e. The van der Waals surface area contributed by atoms with E-state index >= 15 is 0 Å². The third-order valence-electron chi connectivity index (χ3n) is 4.88. The molecule has 156 valence electrons. The Bertz CT molecular complexity index is 1150. The van der Waals surface area contributed by atoms with Crippen LogP contribution < -0.4 is 10.0 Å². The Morgan fingerprint density at radius 3 is 2.03 bits per heavy atom. The lowest BCUT2D eigenvalue weighted by Crippen LogP contribution is -2.17. The summed E-state index contributed by atoms with van der Waals surface area (Å²) in [6, 6.07) is 19.4. The van der Waals surface area contributed by atoms with E-state index in [2.05, 4.69) is 23.9 Å². The molecule has 0 saturated carbocycles. The number of carbonyl (C=O) groups is 1. The molecule has 0 bridgehead atoms. The molecule has 2 N–H and O–H groups in total. The van der Waals surface area contributed by atoms with Gasteiger partial charge < -0.3 is 5.32 Å². The molecule has 3 aromatic rings. The van der Waals surface area contributed by atoms with E-state index in [0.717, 1.165) is 5.56 Å². The highest BCUT2D eigenvalue weighted by atomic mass is 32.2. The second-order valence-corrected chi connectivity index (χ2v) is 9.33. The molecule has 6 heteroatoms. The predicted molar refractivity (Wildman–Crippen MR) is 122 cm³/mol. The average molecular weight is 423 g/mol. The topological polar surface area (TPSA) is 75.3 Å². The monoisotopic (exact) mass is 422 g/mol. The average Bonchev–Trinajstić information content (AvgIpc) is 2.70. The second-order valence-electron chi connectivity index (χ2n) is 7.68. The minimum absolute atomic E-state index is 0.0749. The van der Waals surface area contributed by atoms with Gasteiger partial charge in [-0.1, -0.05) is 49.7 Å². The molecule has 0 saturated heterocycles. The normalized spacial score (nSPS) is 11.4. The van der Waals surface area contributed by atoms with Crippen molar-refractivity contribution in [3.05, 3.63) is 89.0 Å². The number of hydrogen-bond donors (Lipinski definition) is 2. The quantitative estimate of drug-likeness (QED) is 0.552. The summed E-state index contributed by atoms with van der Waals surface area (Å²) < 4.78 is 28.4. The molecular weight excluding hydrogens is 396 g/mol. The van der Waals surface area contributed by atoms with Crippen LogP contribution >= 0.6 is 0 Å². The maximum Gasteiger partial charge on any atom is 0.262 e. The summed E-state index contributed by atoms with van der Waals surface area (Å²) in [6.07, 6.45) is 0. The fraction of sp³-hybridized carbons (Fsp3) is 0.208. The van der Waals surface area contributed by atoms with Crippen molar-refractivity contribution in [2.24, 2.45) is 0 Å². The second kappa shape index (κ2) is 8.71. The maximum atomic E-state index is 12.9. The van der Waals surface area contributed by atoms with E-state index < -0.39 is 10.0 Å². The number of sulfonamides is 1. The number of carbonyl (C=O) groups excluding carboxylic acids is 1. The van der Waals surface area contributed by atoms with E-state index in [4.69, 9.17) is 0 Å². The van der Waals surface area contributed by atoms with Crippen LogP contribution in [0.25, 0.3) is 0 Å². The van der Waals surface area contributed by atoms with Crippen molar-refractivity contribution in [1.29, 1.82) is 0 Å². The molecule has 5 nitrogen and oxygen atoms in total. The Hall–Kier alpha value is -3.12. The SMILES string of the molecule is Cc1ccc(NS(=O)(=O)c2cc(C(=O)Nc3ccc(C(C)C)cc3)ccc2C)cc1. The molecule has 0 spiro atoms. The third-order valence-corrected chi connectivity index (χ3v) is 6.40. The van der Waals surface area contributed by atoms with Crippen molar-refractivity contribution in [3.63, 3.8) is 0 Å². The largest absolute Gasteiger partial charge is 0.322 e. The molecular formula is C24H26N2O3S. The zero-order valence-electron chi connectivity index (χ0n) is 17.6. The standard InChI is InChI=1S/C24H26N2O3S/c1-16(2)19-9-13-21(14-10-19)25-24(27)20-8-7-18(4)23(15-20)30(28,29)26-22-11-5-17(3)6-12-22/h5-16,26H,1-4H3,(H,25,27). The van der Waals surface area contributed by atoms with Crippen LogP contribution in [0, 0.1) is 13.8 Å².